The van der Waals surface area contributed by atoms with Crippen LogP contribution in [0.25, 0.3) is 0 Å². The number of nitrogens with zero attached hydrogens (tertiary/aromatic N) is 4. The maximum absolute atomic E-state index is 5.86. The Morgan fingerprint density at radius 2 is 1.95 bits per heavy atom. The van der Waals surface area contributed by atoms with Crippen molar-refractivity contribution in [3.63, 3.8) is 0 Å². The highest BCUT2D eigenvalue weighted by Crippen LogP contribution is 2.16. The number of rotatable bonds is 5. The highest BCUT2D eigenvalue weighted by Gasteiger charge is 2.25. The molecule has 0 aliphatic carbocycles. The fourth-order valence-corrected chi connectivity index (χ4v) is 2.95. The van der Waals surface area contributed by atoms with Crippen molar-refractivity contribution in [2.75, 3.05) is 31.1 Å². The van der Waals surface area contributed by atoms with Crippen molar-refractivity contribution in [3.05, 3.63) is 16.9 Å². The predicted molar refractivity (Wildman–Crippen MR) is 89.0 cm³/mol. The van der Waals surface area contributed by atoms with E-state index in [4.69, 9.17) is 18.0 Å². The molecular formula is C13H20BrN5S. The average molecular weight is 358 g/mol. The van der Waals surface area contributed by atoms with E-state index in [1.165, 1.54) is 0 Å². The molecule has 7 heteroatoms. The Morgan fingerprint density at radius 1 is 1.35 bits per heavy atom. The van der Waals surface area contributed by atoms with Gasteiger partial charge in [0, 0.05) is 38.6 Å². The smallest absolute Gasteiger partial charge is 0.225 e. The van der Waals surface area contributed by atoms with E-state index in [0.29, 0.717) is 4.99 Å². The van der Waals surface area contributed by atoms with Gasteiger partial charge < -0.3 is 10.6 Å². The predicted octanol–water partition coefficient (Wildman–Crippen LogP) is 1.82. The summed E-state index contributed by atoms with van der Waals surface area (Å²) in [6.45, 7) is 5.87. The van der Waals surface area contributed by atoms with E-state index in [1.807, 2.05) is 0 Å². The summed E-state index contributed by atoms with van der Waals surface area (Å²) in [5, 5.41) is 0. The van der Waals surface area contributed by atoms with Crippen molar-refractivity contribution in [2.45, 2.75) is 25.8 Å². The van der Waals surface area contributed by atoms with E-state index in [2.05, 4.69) is 42.6 Å². The van der Waals surface area contributed by atoms with E-state index in [-0.39, 0.29) is 6.04 Å². The highest BCUT2D eigenvalue weighted by atomic mass is 79.9. The van der Waals surface area contributed by atoms with E-state index < -0.39 is 0 Å². The molecule has 2 N–H and O–H groups in total. The molecule has 1 unspecified atom stereocenters. The molecule has 0 spiro atoms. The van der Waals surface area contributed by atoms with Crippen LogP contribution in [0.3, 0.4) is 0 Å². The number of piperazine rings is 1. The number of halogens is 1. The molecule has 1 aromatic heterocycles. The van der Waals surface area contributed by atoms with Crippen LogP contribution in [0.1, 0.15) is 19.8 Å². The SMILES string of the molecule is CCCC(C(N)=S)N1CCN(c2ncc(Br)cn2)CC1. The lowest BCUT2D eigenvalue weighted by atomic mass is 10.1. The molecule has 2 rings (SSSR count). The molecule has 0 saturated carbocycles. The summed E-state index contributed by atoms with van der Waals surface area (Å²) in [5.74, 6) is 0.787. The van der Waals surface area contributed by atoms with Crippen LogP contribution < -0.4 is 10.6 Å². The first kappa shape index (κ1) is 15.6. The first-order valence-corrected chi connectivity index (χ1v) is 8.07. The fraction of sp³-hybridized carbons (Fsp3) is 0.615. The van der Waals surface area contributed by atoms with Crippen molar-refractivity contribution in [1.82, 2.24) is 14.9 Å². The monoisotopic (exact) mass is 357 g/mol. The highest BCUT2D eigenvalue weighted by molar-refractivity contribution is 9.10. The summed E-state index contributed by atoms with van der Waals surface area (Å²) in [6.07, 6.45) is 5.69. The molecule has 1 saturated heterocycles. The Balaban J connectivity index is 1.94. The van der Waals surface area contributed by atoms with Crippen molar-refractivity contribution in [3.8, 4) is 0 Å². The number of nitrogens with two attached hydrogens (primary N) is 1. The van der Waals surface area contributed by atoms with Crippen LogP contribution in [-0.2, 0) is 0 Å². The van der Waals surface area contributed by atoms with Gasteiger partial charge in [-0.25, -0.2) is 9.97 Å². The van der Waals surface area contributed by atoms with Gasteiger partial charge in [-0.3, -0.25) is 4.90 Å². The normalized spacial score (nSPS) is 18.0. The van der Waals surface area contributed by atoms with Gasteiger partial charge in [-0.2, -0.15) is 0 Å². The summed E-state index contributed by atoms with van der Waals surface area (Å²) in [6, 6.07) is 0.225. The number of anilines is 1. The Bertz CT molecular complexity index is 445. The third-order valence-corrected chi connectivity index (χ3v) is 4.22. The molecule has 0 aromatic carbocycles. The van der Waals surface area contributed by atoms with Crippen molar-refractivity contribution < 1.29 is 0 Å². The minimum absolute atomic E-state index is 0.225. The van der Waals surface area contributed by atoms with Crippen molar-refractivity contribution in [2.24, 2.45) is 5.73 Å². The lowest BCUT2D eigenvalue weighted by Crippen LogP contribution is -2.54. The van der Waals surface area contributed by atoms with Gasteiger partial charge >= 0.3 is 0 Å². The lowest BCUT2D eigenvalue weighted by molar-refractivity contribution is 0.218. The first-order valence-electron chi connectivity index (χ1n) is 6.87. The van der Waals surface area contributed by atoms with E-state index in [0.717, 1.165) is 49.4 Å². The van der Waals surface area contributed by atoms with Gasteiger partial charge in [0.15, 0.2) is 0 Å². The molecule has 1 fully saturated rings. The fourth-order valence-electron chi connectivity index (χ4n) is 2.48. The zero-order chi connectivity index (χ0) is 14.5. The van der Waals surface area contributed by atoms with Gasteiger partial charge in [0.25, 0.3) is 0 Å². The third kappa shape index (κ3) is 3.86. The average Bonchev–Trinajstić information content (AvgIpc) is 2.45. The summed E-state index contributed by atoms with van der Waals surface area (Å²) in [4.78, 5) is 13.9. The molecular weight excluding hydrogens is 338 g/mol. The minimum Gasteiger partial charge on any atom is -0.392 e. The summed E-state index contributed by atoms with van der Waals surface area (Å²) >= 11 is 8.54. The maximum Gasteiger partial charge on any atom is 0.225 e. The molecule has 20 heavy (non-hydrogen) atoms. The lowest BCUT2D eigenvalue weighted by Gasteiger charge is -2.38. The van der Waals surface area contributed by atoms with Crippen LogP contribution in [0.5, 0.6) is 0 Å². The quantitative estimate of drug-likeness (QED) is 0.811. The number of hydrogen-bond donors (Lipinski definition) is 1. The van der Waals surface area contributed by atoms with Crippen LogP contribution in [0, 0.1) is 0 Å². The van der Waals surface area contributed by atoms with Crippen LogP contribution in [0.2, 0.25) is 0 Å². The molecule has 2 heterocycles. The van der Waals surface area contributed by atoms with Gasteiger partial charge in [-0.15, -0.1) is 0 Å². The zero-order valence-electron chi connectivity index (χ0n) is 11.6. The van der Waals surface area contributed by atoms with Crippen LogP contribution >= 0.6 is 28.1 Å². The van der Waals surface area contributed by atoms with Gasteiger partial charge in [0.2, 0.25) is 5.95 Å². The van der Waals surface area contributed by atoms with E-state index in [9.17, 15) is 0 Å². The topological polar surface area (TPSA) is 58.3 Å². The van der Waals surface area contributed by atoms with Crippen LogP contribution in [-0.4, -0.2) is 52.1 Å². The second-order valence-electron chi connectivity index (χ2n) is 4.93. The molecule has 1 aromatic rings. The second kappa shape index (κ2) is 7.28. The Morgan fingerprint density at radius 3 is 2.45 bits per heavy atom. The number of thiocarbonyl (C=S) groups is 1. The van der Waals surface area contributed by atoms with Gasteiger partial charge in [0.1, 0.15) is 0 Å². The van der Waals surface area contributed by atoms with Gasteiger partial charge in [-0.1, -0.05) is 25.6 Å². The summed E-state index contributed by atoms with van der Waals surface area (Å²) < 4.78 is 0.899. The van der Waals surface area contributed by atoms with Crippen LogP contribution in [0.15, 0.2) is 16.9 Å². The van der Waals surface area contributed by atoms with Crippen LogP contribution in [0.4, 0.5) is 5.95 Å². The molecule has 0 bridgehead atoms. The molecule has 1 atom stereocenters. The third-order valence-electron chi connectivity index (χ3n) is 3.54. The Kier molecular flexibility index (Phi) is 5.68. The van der Waals surface area contributed by atoms with Crippen molar-refractivity contribution in [1.29, 1.82) is 0 Å². The van der Waals surface area contributed by atoms with E-state index >= 15 is 0 Å². The molecule has 1 aliphatic rings. The van der Waals surface area contributed by atoms with E-state index in [1.54, 1.807) is 12.4 Å². The molecule has 1 aliphatic heterocycles. The molecule has 0 radical (unpaired) electrons. The van der Waals surface area contributed by atoms with Gasteiger partial charge in [0.05, 0.1) is 15.5 Å². The second-order valence-corrected chi connectivity index (χ2v) is 6.32. The molecule has 0 amide bonds. The summed E-state index contributed by atoms with van der Waals surface area (Å²) in [7, 11) is 0. The largest absolute Gasteiger partial charge is 0.392 e. The molecule has 110 valence electrons. The molecule has 5 nitrogen and oxygen atoms in total. The van der Waals surface area contributed by atoms with Gasteiger partial charge in [-0.05, 0) is 22.4 Å². The Labute approximate surface area is 133 Å². The first-order chi connectivity index (χ1) is 9.61. The number of hydrogen-bond acceptors (Lipinski definition) is 5. The van der Waals surface area contributed by atoms with Crippen molar-refractivity contribution >= 4 is 39.1 Å². The number of aromatic nitrogens is 2. The zero-order valence-corrected chi connectivity index (χ0v) is 14.0. The minimum atomic E-state index is 0.225. The maximum atomic E-state index is 5.86. The standard InChI is InChI=1S/C13H20BrN5S/c1-2-3-11(12(15)20)18-4-6-19(7-5-18)13-16-8-10(14)9-17-13/h8-9,11H,2-7H2,1H3,(H2,15,20). The summed E-state index contributed by atoms with van der Waals surface area (Å²) in [5.41, 5.74) is 5.86. The Hall–Kier alpha value is -0.790.